The van der Waals surface area contributed by atoms with Gasteiger partial charge in [0.15, 0.2) is 0 Å². The van der Waals surface area contributed by atoms with Crippen LogP contribution >= 0.6 is 0 Å². The second kappa shape index (κ2) is 7.17. The first-order chi connectivity index (χ1) is 8.49. The Morgan fingerprint density at radius 2 is 1.78 bits per heavy atom. The Balaban J connectivity index is 2.44. The molecule has 100 valence electrons. The first-order valence-corrected chi connectivity index (χ1v) is 6.55. The summed E-state index contributed by atoms with van der Waals surface area (Å²) in [5, 5.41) is 8.74. The van der Waals surface area contributed by atoms with E-state index in [1.165, 1.54) is 18.4 Å². The van der Waals surface area contributed by atoms with E-state index in [9.17, 15) is 4.79 Å². The number of hydrogen-bond acceptors (Lipinski definition) is 2. The van der Waals surface area contributed by atoms with E-state index in [1.807, 2.05) is 12.1 Å². The zero-order valence-corrected chi connectivity index (χ0v) is 11.2. The van der Waals surface area contributed by atoms with Gasteiger partial charge in [-0.1, -0.05) is 44.5 Å². The van der Waals surface area contributed by atoms with Crippen molar-refractivity contribution in [3.8, 4) is 0 Å². The van der Waals surface area contributed by atoms with Gasteiger partial charge in [-0.05, 0) is 36.3 Å². The Hall–Kier alpha value is -1.35. The van der Waals surface area contributed by atoms with E-state index in [-0.39, 0.29) is 0 Å². The second-order valence-corrected chi connectivity index (χ2v) is 5.25. The smallest absolute Gasteiger partial charge is 0.320 e. The molecule has 0 aliphatic carbocycles. The van der Waals surface area contributed by atoms with Crippen LogP contribution in [0.15, 0.2) is 24.3 Å². The van der Waals surface area contributed by atoms with Crippen LogP contribution in [0, 0.1) is 5.92 Å². The van der Waals surface area contributed by atoms with Gasteiger partial charge in [0.2, 0.25) is 0 Å². The average Bonchev–Trinajstić information content (AvgIpc) is 2.30. The molecule has 0 fully saturated rings. The first-order valence-electron chi connectivity index (χ1n) is 6.55. The number of carboxylic acid groups (broad SMARTS) is 1. The third-order valence-electron chi connectivity index (χ3n) is 3.04. The van der Waals surface area contributed by atoms with Crippen LogP contribution in [0.25, 0.3) is 0 Å². The number of carbonyl (C=O) groups is 1. The highest BCUT2D eigenvalue weighted by Gasteiger charge is 2.11. The van der Waals surface area contributed by atoms with Gasteiger partial charge in [0.25, 0.3) is 0 Å². The molecule has 0 aliphatic rings. The first kappa shape index (κ1) is 14.7. The standard InChI is InChI=1S/C15H23NO2/c1-11(2)4-3-5-12-6-8-13(9-7-12)10-14(16)15(17)18/h6-9,11,14H,3-5,10,16H2,1-2H3,(H,17,18). The van der Waals surface area contributed by atoms with Crippen LogP contribution in [0.4, 0.5) is 0 Å². The zero-order valence-electron chi connectivity index (χ0n) is 11.2. The summed E-state index contributed by atoms with van der Waals surface area (Å²) < 4.78 is 0. The number of benzene rings is 1. The minimum atomic E-state index is -0.948. The summed E-state index contributed by atoms with van der Waals surface area (Å²) in [5.74, 6) is -0.200. The molecule has 0 aliphatic heterocycles. The molecular weight excluding hydrogens is 226 g/mol. The molecule has 0 saturated heterocycles. The van der Waals surface area contributed by atoms with E-state index in [2.05, 4.69) is 26.0 Å². The van der Waals surface area contributed by atoms with E-state index >= 15 is 0 Å². The van der Waals surface area contributed by atoms with Crippen LogP contribution < -0.4 is 5.73 Å². The molecule has 1 unspecified atom stereocenters. The topological polar surface area (TPSA) is 63.3 Å². The Morgan fingerprint density at radius 3 is 2.28 bits per heavy atom. The van der Waals surface area contributed by atoms with E-state index < -0.39 is 12.0 Å². The van der Waals surface area contributed by atoms with Crippen molar-refractivity contribution < 1.29 is 9.90 Å². The predicted octanol–water partition coefficient (Wildman–Crippen LogP) is 2.62. The summed E-state index contributed by atoms with van der Waals surface area (Å²) in [6.45, 7) is 4.47. The van der Waals surface area contributed by atoms with Crippen LogP contribution in [-0.4, -0.2) is 17.1 Å². The zero-order chi connectivity index (χ0) is 13.5. The number of aliphatic carboxylic acids is 1. The van der Waals surface area contributed by atoms with Crippen molar-refractivity contribution in [3.05, 3.63) is 35.4 Å². The molecular formula is C15H23NO2. The van der Waals surface area contributed by atoms with Crippen molar-refractivity contribution in [2.75, 3.05) is 0 Å². The van der Waals surface area contributed by atoms with Gasteiger partial charge < -0.3 is 10.8 Å². The molecule has 0 saturated carbocycles. The maximum Gasteiger partial charge on any atom is 0.320 e. The highest BCUT2D eigenvalue weighted by molar-refractivity contribution is 5.73. The Kier molecular flexibility index (Phi) is 5.86. The lowest BCUT2D eigenvalue weighted by Gasteiger charge is -2.08. The maximum atomic E-state index is 10.7. The van der Waals surface area contributed by atoms with E-state index in [0.29, 0.717) is 6.42 Å². The molecule has 0 spiro atoms. The fourth-order valence-corrected chi connectivity index (χ4v) is 1.90. The van der Waals surface area contributed by atoms with Gasteiger partial charge in [-0.15, -0.1) is 0 Å². The second-order valence-electron chi connectivity index (χ2n) is 5.25. The normalized spacial score (nSPS) is 12.7. The maximum absolute atomic E-state index is 10.7. The third kappa shape index (κ3) is 5.32. The molecule has 1 aromatic rings. The molecule has 3 N–H and O–H groups in total. The molecule has 1 rings (SSSR count). The molecule has 0 bridgehead atoms. The van der Waals surface area contributed by atoms with Crippen LogP contribution in [0.1, 0.15) is 37.8 Å². The van der Waals surface area contributed by atoms with E-state index in [4.69, 9.17) is 10.8 Å². The monoisotopic (exact) mass is 249 g/mol. The van der Waals surface area contributed by atoms with Crippen molar-refractivity contribution in [2.24, 2.45) is 11.7 Å². The number of hydrogen-bond donors (Lipinski definition) is 2. The molecule has 0 aromatic heterocycles. The van der Waals surface area contributed by atoms with Gasteiger partial charge in [0.1, 0.15) is 6.04 Å². The lowest BCUT2D eigenvalue weighted by atomic mass is 10.00. The van der Waals surface area contributed by atoms with E-state index in [0.717, 1.165) is 17.9 Å². The van der Waals surface area contributed by atoms with E-state index in [1.54, 1.807) is 0 Å². The Labute approximate surface area is 109 Å². The average molecular weight is 249 g/mol. The van der Waals surface area contributed by atoms with Gasteiger partial charge >= 0.3 is 5.97 Å². The molecule has 0 radical (unpaired) electrons. The van der Waals surface area contributed by atoms with Crippen molar-refractivity contribution >= 4 is 5.97 Å². The quantitative estimate of drug-likeness (QED) is 0.780. The summed E-state index contributed by atoms with van der Waals surface area (Å²) in [6.07, 6.45) is 3.92. The molecule has 0 amide bonds. The SMILES string of the molecule is CC(C)CCCc1ccc(CC(N)C(=O)O)cc1. The lowest BCUT2D eigenvalue weighted by Crippen LogP contribution is -2.32. The fraction of sp³-hybridized carbons (Fsp3) is 0.533. The summed E-state index contributed by atoms with van der Waals surface area (Å²) in [4.78, 5) is 10.7. The third-order valence-corrected chi connectivity index (χ3v) is 3.04. The van der Waals surface area contributed by atoms with Crippen LogP contribution in [-0.2, 0) is 17.6 Å². The fourth-order valence-electron chi connectivity index (χ4n) is 1.90. The molecule has 3 heteroatoms. The highest BCUT2D eigenvalue weighted by Crippen LogP contribution is 2.12. The number of nitrogens with two attached hydrogens (primary N) is 1. The highest BCUT2D eigenvalue weighted by atomic mass is 16.4. The lowest BCUT2D eigenvalue weighted by molar-refractivity contribution is -0.138. The van der Waals surface area contributed by atoms with Crippen LogP contribution in [0.2, 0.25) is 0 Å². The number of rotatable bonds is 7. The van der Waals surface area contributed by atoms with Gasteiger partial charge in [-0.25, -0.2) is 0 Å². The largest absolute Gasteiger partial charge is 0.480 e. The summed E-state index contributed by atoms with van der Waals surface area (Å²) in [5.41, 5.74) is 7.79. The van der Waals surface area contributed by atoms with Crippen molar-refractivity contribution in [2.45, 2.75) is 45.6 Å². The summed E-state index contributed by atoms with van der Waals surface area (Å²) in [6, 6.07) is 7.30. The van der Waals surface area contributed by atoms with Crippen molar-refractivity contribution in [3.63, 3.8) is 0 Å². The minimum absolute atomic E-state index is 0.390. The molecule has 18 heavy (non-hydrogen) atoms. The summed E-state index contributed by atoms with van der Waals surface area (Å²) >= 11 is 0. The molecule has 1 atom stereocenters. The van der Waals surface area contributed by atoms with Crippen molar-refractivity contribution in [1.82, 2.24) is 0 Å². The van der Waals surface area contributed by atoms with Crippen LogP contribution in [0.3, 0.4) is 0 Å². The van der Waals surface area contributed by atoms with Gasteiger partial charge in [0.05, 0.1) is 0 Å². The van der Waals surface area contributed by atoms with Crippen molar-refractivity contribution in [1.29, 1.82) is 0 Å². The Morgan fingerprint density at radius 1 is 1.22 bits per heavy atom. The predicted molar refractivity (Wildman–Crippen MR) is 73.5 cm³/mol. The minimum Gasteiger partial charge on any atom is -0.480 e. The van der Waals surface area contributed by atoms with Gasteiger partial charge in [0, 0.05) is 0 Å². The van der Waals surface area contributed by atoms with Gasteiger partial charge in [-0.3, -0.25) is 4.79 Å². The van der Waals surface area contributed by atoms with Crippen LogP contribution in [0.5, 0.6) is 0 Å². The van der Waals surface area contributed by atoms with Gasteiger partial charge in [-0.2, -0.15) is 0 Å². The molecule has 1 aromatic carbocycles. The summed E-state index contributed by atoms with van der Waals surface area (Å²) in [7, 11) is 0. The number of carboxylic acids is 1. The number of aryl methyl sites for hydroxylation is 1. The molecule has 3 nitrogen and oxygen atoms in total. The Bertz CT molecular complexity index is 371. The molecule has 0 heterocycles.